The minimum absolute atomic E-state index is 0.0603. The molecule has 18 heavy (non-hydrogen) atoms. The van der Waals surface area contributed by atoms with Gasteiger partial charge in [-0.25, -0.2) is 9.07 Å². The van der Waals surface area contributed by atoms with Gasteiger partial charge in [0, 0.05) is 19.2 Å². The number of hydrogen-bond acceptors (Lipinski definition) is 4. The van der Waals surface area contributed by atoms with Crippen molar-refractivity contribution in [3.63, 3.8) is 0 Å². The summed E-state index contributed by atoms with van der Waals surface area (Å²) < 4.78 is 19.7. The first-order valence-corrected chi connectivity index (χ1v) is 5.66. The highest BCUT2D eigenvalue weighted by Crippen LogP contribution is 2.10. The lowest BCUT2D eigenvalue weighted by atomic mass is 10.3. The molecular formula is C12H14FN3O2. The van der Waals surface area contributed by atoms with E-state index in [1.54, 1.807) is 23.0 Å². The summed E-state index contributed by atoms with van der Waals surface area (Å²) in [6.45, 7) is 1.04. The summed E-state index contributed by atoms with van der Waals surface area (Å²) in [7, 11) is 0. The molecule has 0 saturated heterocycles. The van der Waals surface area contributed by atoms with Gasteiger partial charge in [0.1, 0.15) is 18.2 Å². The van der Waals surface area contributed by atoms with Gasteiger partial charge in [-0.15, -0.1) is 5.10 Å². The lowest BCUT2D eigenvalue weighted by Crippen LogP contribution is -2.08. The highest BCUT2D eigenvalue weighted by molar-refractivity contribution is 5.21. The molecule has 0 radical (unpaired) electrons. The standard InChI is InChI=1S/C12H14FN3O2/c13-10-1-3-12(4-2-10)18-8-6-16-9-11(5-7-17)14-15-16/h1-4,9,17H,5-8H2. The van der Waals surface area contributed by atoms with E-state index >= 15 is 0 Å². The first-order chi connectivity index (χ1) is 8.78. The molecule has 0 spiro atoms. The van der Waals surface area contributed by atoms with Crippen LogP contribution in [0.15, 0.2) is 30.5 Å². The first-order valence-electron chi connectivity index (χ1n) is 5.66. The predicted molar refractivity (Wildman–Crippen MR) is 62.7 cm³/mol. The largest absolute Gasteiger partial charge is 0.492 e. The summed E-state index contributed by atoms with van der Waals surface area (Å²) >= 11 is 0. The maximum atomic E-state index is 12.7. The van der Waals surface area contributed by atoms with Crippen LogP contribution in [-0.2, 0) is 13.0 Å². The minimum Gasteiger partial charge on any atom is -0.492 e. The van der Waals surface area contributed by atoms with Crippen LogP contribution in [0.2, 0.25) is 0 Å². The van der Waals surface area contributed by atoms with Gasteiger partial charge in [-0.3, -0.25) is 0 Å². The minimum atomic E-state index is -0.285. The summed E-state index contributed by atoms with van der Waals surface area (Å²) in [6.07, 6.45) is 2.27. The van der Waals surface area contributed by atoms with Gasteiger partial charge in [0.15, 0.2) is 0 Å². The number of hydrogen-bond donors (Lipinski definition) is 1. The van der Waals surface area contributed by atoms with Crippen molar-refractivity contribution in [1.82, 2.24) is 15.0 Å². The molecule has 0 amide bonds. The molecule has 0 aliphatic carbocycles. The molecule has 0 fully saturated rings. The van der Waals surface area contributed by atoms with Crippen LogP contribution in [-0.4, -0.2) is 33.3 Å². The smallest absolute Gasteiger partial charge is 0.123 e. The van der Waals surface area contributed by atoms with Gasteiger partial charge in [-0.2, -0.15) is 0 Å². The van der Waals surface area contributed by atoms with E-state index in [1.807, 2.05) is 0 Å². The number of benzene rings is 1. The van der Waals surface area contributed by atoms with Crippen molar-refractivity contribution in [2.24, 2.45) is 0 Å². The second-order valence-electron chi connectivity index (χ2n) is 3.75. The molecule has 0 atom stereocenters. The third-order valence-electron chi connectivity index (χ3n) is 2.36. The topological polar surface area (TPSA) is 60.2 Å². The van der Waals surface area contributed by atoms with E-state index in [0.29, 0.717) is 25.3 Å². The molecule has 0 saturated carbocycles. The highest BCUT2D eigenvalue weighted by Gasteiger charge is 2.00. The third-order valence-corrected chi connectivity index (χ3v) is 2.36. The average Bonchev–Trinajstić information content (AvgIpc) is 2.80. The van der Waals surface area contributed by atoms with Crippen molar-refractivity contribution in [1.29, 1.82) is 0 Å². The van der Waals surface area contributed by atoms with Crippen molar-refractivity contribution in [2.45, 2.75) is 13.0 Å². The van der Waals surface area contributed by atoms with Crippen LogP contribution in [0, 0.1) is 5.82 Å². The van der Waals surface area contributed by atoms with Crippen LogP contribution in [0.5, 0.6) is 5.75 Å². The molecule has 0 bridgehead atoms. The molecule has 0 aliphatic heterocycles. The zero-order valence-electron chi connectivity index (χ0n) is 9.79. The number of ether oxygens (including phenoxy) is 1. The van der Waals surface area contributed by atoms with Crippen molar-refractivity contribution in [2.75, 3.05) is 13.2 Å². The molecule has 1 aromatic carbocycles. The number of rotatable bonds is 6. The fraction of sp³-hybridized carbons (Fsp3) is 0.333. The SMILES string of the molecule is OCCc1cn(CCOc2ccc(F)cc2)nn1. The summed E-state index contributed by atoms with van der Waals surface area (Å²) in [5, 5.41) is 16.5. The lowest BCUT2D eigenvalue weighted by molar-refractivity contribution is 0.289. The molecule has 0 unspecified atom stereocenters. The van der Waals surface area contributed by atoms with E-state index in [4.69, 9.17) is 9.84 Å². The van der Waals surface area contributed by atoms with Crippen molar-refractivity contribution in [3.05, 3.63) is 42.0 Å². The van der Waals surface area contributed by atoms with Gasteiger partial charge in [0.25, 0.3) is 0 Å². The molecule has 2 aromatic rings. The Morgan fingerprint density at radius 3 is 2.78 bits per heavy atom. The van der Waals surface area contributed by atoms with E-state index < -0.39 is 0 Å². The summed E-state index contributed by atoms with van der Waals surface area (Å²) in [4.78, 5) is 0. The second kappa shape index (κ2) is 6.11. The number of aliphatic hydroxyl groups is 1. The van der Waals surface area contributed by atoms with Crippen LogP contribution in [0.25, 0.3) is 0 Å². The van der Waals surface area contributed by atoms with Crippen LogP contribution in [0.1, 0.15) is 5.69 Å². The van der Waals surface area contributed by atoms with E-state index in [2.05, 4.69) is 10.3 Å². The number of aliphatic hydroxyl groups excluding tert-OH is 1. The summed E-state index contributed by atoms with van der Waals surface area (Å²) in [5.41, 5.74) is 0.749. The highest BCUT2D eigenvalue weighted by atomic mass is 19.1. The Balaban J connectivity index is 1.79. The molecule has 1 aromatic heterocycles. The first kappa shape index (κ1) is 12.5. The fourth-order valence-corrected chi connectivity index (χ4v) is 1.46. The van der Waals surface area contributed by atoms with E-state index in [0.717, 1.165) is 5.69 Å². The molecule has 5 nitrogen and oxygen atoms in total. The van der Waals surface area contributed by atoms with E-state index in [-0.39, 0.29) is 12.4 Å². The molecule has 0 aliphatic rings. The van der Waals surface area contributed by atoms with Crippen molar-refractivity contribution >= 4 is 0 Å². The van der Waals surface area contributed by atoms with Crippen molar-refractivity contribution in [3.8, 4) is 5.75 Å². The Morgan fingerprint density at radius 1 is 1.28 bits per heavy atom. The third kappa shape index (κ3) is 3.53. The van der Waals surface area contributed by atoms with Crippen molar-refractivity contribution < 1.29 is 14.2 Å². The van der Waals surface area contributed by atoms with Gasteiger partial charge >= 0.3 is 0 Å². The molecular weight excluding hydrogens is 237 g/mol. The van der Waals surface area contributed by atoms with Gasteiger partial charge in [-0.05, 0) is 24.3 Å². The fourth-order valence-electron chi connectivity index (χ4n) is 1.46. The van der Waals surface area contributed by atoms with Gasteiger partial charge in [0.05, 0.1) is 12.2 Å². The van der Waals surface area contributed by atoms with E-state index in [1.165, 1.54) is 12.1 Å². The Morgan fingerprint density at radius 2 is 2.06 bits per heavy atom. The molecule has 6 heteroatoms. The normalized spacial score (nSPS) is 10.6. The van der Waals surface area contributed by atoms with E-state index in [9.17, 15) is 4.39 Å². The number of aromatic nitrogens is 3. The number of halogens is 1. The summed E-state index contributed by atoms with van der Waals surface area (Å²) in [5.74, 6) is 0.333. The monoisotopic (exact) mass is 251 g/mol. The Labute approximate surface area is 104 Å². The van der Waals surface area contributed by atoms with Crippen LogP contribution >= 0.6 is 0 Å². The Hall–Kier alpha value is -1.95. The van der Waals surface area contributed by atoms with Crippen LogP contribution < -0.4 is 4.74 Å². The Kier molecular flexibility index (Phi) is 4.25. The van der Waals surface area contributed by atoms with Crippen LogP contribution in [0.3, 0.4) is 0 Å². The lowest BCUT2D eigenvalue weighted by Gasteiger charge is -2.05. The quantitative estimate of drug-likeness (QED) is 0.833. The number of nitrogens with zero attached hydrogens (tertiary/aromatic N) is 3. The zero-order chi connectivity index (χ0) is 12.8. The maximum absolute atomic E-state index is 12.7. The molecule has 2 rings (SSSR count). The van der Waals surface area contributed by atoms with Crippen LogP contribution in [0.4, 0.5) is 4.39 Å². The van der Waals surface area contributed by atoms with Gasteiger partial charge in [-0.1, -0.05) is 5.21 Å². The van der Waals surface area contributed by atoms with Gasteiger partial charge < -0.3 is 9.84 Å². The molecule has 1 N–H and O–H groups in total. The Bertz CT molecular complexity index is 484. The predicted octanol–water partition coefficient (Wildman–Crippen LogP) is 1.03. The zero-order valence-corrected chi connectivity index (χ0v) is 9.79. The molecule has 96 valence electrons. The average molecular weight is 251 g/mol. The maximum Gasteiger partial charge on any atom is 0.123 e. The molecule has 1 heterocycles. The second-order valence-corrected chi connectivity index (χ2v) is 3.75. The van der Waals surface area contributed by atoms with Gasteiger partial charge in [0.2, 0.25) is 0 Å². The summed E-state index contributed by atoms with van der Waals surface area (Å²) in [6, 6.07) is 5.86.